The van der Waals surface area contributed by atoms with Crippen LogP contribution in [0.25, 0.3) is 0 Å². The monoisotopic (exact) mass is 311 g/mol. The maximum Gasteiger partial charge on any atom is 0.155 e. The van der Waals surface area contributed by atoms with Crippen molar-refractivity contribution >= 4 is 9.84 Å². The van der Waals surface area contributed by atoms with Gasteiger partial charge in [-0.05, 0) is 37.0 Å². The summed E-state index contributed by atoms with van der Waals surface area (Å²) in [7, 11) is -3.09. The Hall–Kier alpha value is -1.07. The van der Waals surface area contributed by atoms with E-state index in [9.17, 15) is 8.42 Å². The zero-order valence-electron chi connectivity index (χ0n) is 12.6. The molecule has 1 atom stereocenters. The van der Waals surface area contributed by atoms with Crippen molar-refractivity contribution in [3.63, 3.8) is 0 Å². The Kier molecular flexibility index (Phi) is 5.65. The number of nitrogens with two attached hydrogens (primary N) is 1. The molecule has 118 valence electrons. The molecule has 0 aromatic heterocycles. The minimum Gasteiger partial charge on any atom is -0.494 e. The Labute approximate surface area is 127 Å². The summed E-state index contributed by atoms with van der Waals surface area (Å²) in [6, 6.07) is 6.97. The van der Waals surface area contributed by atoms with E-state index in [1.165, 1.54) is 0 Å². The molecule has 0 spiro atoms. The summed E-state index contributed by atoms with van der Waals surface area (Å²) in [6.07, 6.45) is 4.57. The van der Waals surface area contributed by atoms with Crippen LogP contribution in [-0.4, -0.2) is 26.0 Å². The number of rotatable bonds is 7. The van der Waals surface area contributed by atoms with Gasteiger partial charge in [-0.3, -0.25) is 0 Å². The highest BCUT2D eigenvalue weighted by Gasteiger charge is 2.30. The summed E-state index contributed by atoms with van der Waals surface area (Å²) in [5.74, 6) is 0.832. The number of hydrogen-bond acceptors (Lipinski definition) is 4. The molecule has 5 heteroatoms. The van der Waals surface area contributed by atoms with E-state index in [2.05, 4.69) is 6.92 Å². The third kappa shape index (κ3) is 4.45. The fourth-order valence-corrected chi connectivity index (χ4v) is 4.78. The number of ether oxygens (including phenoxy) is 1. The van der Waals surface area contributed by atoms with Gasteiger partial charge in [0.05, 0.1) is 17.6 Å². The van der Waals surface area contributed by atoms with E-state index in [0.717, 1.165) is 43.4 Å². The van der Waals surface area contributed by atoms with E-state index in [4.69, 9.17) is 10.5 Å². The molecule has 1 aliphatic carbocycles. The van der Waals surface area contributed by atoms with Gasteiger partial charge in [-0.2, -0.15) is 0 Å². The van der Waals surface area contributed by atoms with Gasteiger partial charge in [-0.1, -0.05) is 31.9 Å². The molecular formula is C16H25NO3S. The van der Waals surface area contributed by atoms with Gasteiger partial charge in [0, 0.05) is 6.04 Å². The molecule has 1 aromatic carbocycles. The van der Waals surface area contributed by atoms with E-state index in [1.807, 2.05) is 24.3 Å². The van der Waals surface area contributed by atoms with Crippen LogP contribution in [0.2, 0.25) is 0 Å². The van der Waals surface area contributed by atoms with Gasteiger partial charge in [-0.15, -0.1) is 0 Å². The van der Waals surface area contributed by atoms with E-state index in [1.54, 1.807) is 0 Å². The topological polar surface area (TPSA) is 69.4 Å². The van der Waals surface area contributed by atoms with Crippen LogP contribution in [0, 0.1) is 0 Å². The third-order valence-corrected chi connectivity index (χ3v) is 6.31. The normalized spacial score (nSPS) is 17.8. The quantitative estimate of drug-likeness (QED) is 0.840. The molecule has 0 radical (unpaired) electrons. The van der Waals surface area contributed by atoms with E-state index in [0.29, 0.717) is 6.61 Å². The van der Waals surface area contributed by atoms with Crippen LogP contribution in [0.5, 0.6) is 5.75 Å². The smallest absolute Gasteiger partial charge is 0.155 e. The lowest BCUT2D eigenvalue weighted by Crippen LogP contribution is -2.28. The van der Waals surface area contributed by atoms with E-state index < -0.39 is 15.9 Å². The Balaban J connectivity index is 1.97. The molecule has 0 saturated heterocycles. The lowest BCUT2D eigenvalue weighted by molar-refractivity contribution is 0.317. The molecule has 4 nitrogen and oxygen atoms in total. The zero-order valence-corrected chi connectivity index (χ0v) is 13.4. The average Bonchev–Trinajstić information content (AvgIpc) is 3.00. The molecule has 2 rings (SSSR count). The first-order valence-corrected chi connectivity index (χ1v) is 9.44. The summed E-state index contributed by atoms with van der Waals surface area (Å²) < 4.78 is 30.2. The van der Waals surface area contributed by atoms with Crippen LogP contribution >= 0.6 is 0 Å². The molecule has 0 aliphatic heterocycles. The van der Waals surface area contributed by atoms with Crippen LogP contribution in [0.15, 0.2) is 24.3 Å². The van der Waals surface area contributed by atoms with Crippen LogP contribution < -0.4 is 10.5 Å². The summed E-state index contributed by atoms with van der Waals surface area (Å²) in [5, 5.41) is -0.185. The molecule has 0 heterocycles. The lowest BCUT2D eigenvalue weighted by atomic mass is 10.1. The van der Waals surface area contributed by atoms with Gasteiger partial charge in [0.2, 0.25) is 0 Å². The molecule has 1 fully saturated rings. The van der Waals surface area contributed by atoms with Gasteiger partial charge in [-0.25, -0.2) is 8.42 Å². The Bertz CT molecular complexity index is 533. The first kappa shape index (κ1) is 16.3. The van der Waals surface area contributed by atoms with Crippen LogP contribution in [-0.2, 0) is 9.84 Å². The summed E-state index contributed by atoms with van der Waals surface area (Å²) in [6.45, 7) is 2.74. The van der Waals surface area contributed by atoms with Crippen molar-refractivity contribution < 1.29 is 13.2 Å². The van der Waals surface area contributed by atoms with Crippen molar-refractivity contribution in [2.45, 2.75) is 50.3 Å². The molecule has 1 saturated carbocycles. The predicted octanol–water partition coefficient (Wildman–Crippen LogP) is 2.83. The SMILES string of the molecule is CCCOc1ccc(C(N)CS(=O)(=O)C2CCCC2)cc1. The molecule has 2 N–H and O–H groups in total. The fraction of sp³-hybridized carbons (Fsp3) is 0.625. The molecule has 0 amide bonds. The summed E-state index contributed by atoms with van der Waals surface area (Å²) >= 11 is 0. The predicted molar refractivity (Wildman–Crippen MR) is 85.2 cm³/mol. The Morgan fingerprint density at radius 3 is 2.43 bits per heavy atom. The number of sulfone groups is 1. The van der Waals surface area contributed by atoms with Gasteiger partial charge in [0.15, 0.2) is 9.84 Å². The molecule has 21 heavy (non-hydrogen) atoms. The van der Waals surface area contributed by atoms with Crippen molar-refractivity contribution in [3.8, 4) is 5.75 Å². The lowest BCUT2D eigenvalue weighted by Gasteiger charge is -2.16. The van der Waals surface area contributed by atoms with E-state index in [-0.39, 0.29) is 11.0 Å². The van der Waals surface area contributed by atoms with Crippen molar-refractivity contribution in [1.29, 1.82) is 0 Å². The van der Waals surface area contributed by atoms with Gasteiger partial charge >= 0.3 is 0 Å². The maximum absolute atomic E-state index is 12.3. The van der Waals surface area contributed by atoms with Crippen LogP contribution in [0.3, 0.4) is 0 Å². The van der Waals surface area contributed by atoms with Gasteiger partial charge in [0.1, 0.15) is 5.75 Å². The second-order valence-corrected chi connectivity index (χ2v) is 8.09. The second kappa shape index (κ2) is 7.27. The molecule has 1 unspecified atom stereocenters. The van der Waals surface area contributed by atoms with Gasteiger partial charge < -0.3 is 10.5 Å². The Morgan fingerprint density at radius 1 is 1.24 bits per heavy atom. The van der Waals surface area contributed by atoms with Crippen molar-refractivity contribution in [1.82, 2.24) is 0 Å². The van der Waals surface area contributed by atoms with E-state index >= 15 is 0 Å². The zero-order chi connectivity index (χ0) is 15.3. The third-order valence-electron chi connectivity index (χ3n) is 4.00. The maximum atomic E-state index is 12.3. The van der Waals surface area contributed by atoms with Crippen molar-refractivity contribution in [3.05, 3.63) is 29.8 Å². The molecular weight excluding hydrogens is 286 g/mol. The van der Waals surface area contributed by atoms with Crippen molar-refractivity contribution in [2.75, 3.05) is 12.4 Å². The second-order valence-electron chi connectivity index (χ2n) is 5.76. The molecule has 1 aromatic rings. The first-order valence-electron chi connectivity index (χ1n) is 7.73. The Morgan fingerprint density at radius 2 is 1.86 bits per heavy atom. The fourth-order valence-electron chi connectivity index (χ4n) is 2.76. The minimum absolute atomic E-state index is 0.0346. The highest BCUT2D eigenvalue weighted by atomic mass is 32.2. The van der Waals surface area contributed by atoms with Crippen LogP contribution in [0.4, 0.5) is 0 Å². The molecule has 0 bridgehead atoms. The highest BCUT2D eigenvalue weighted by molar-refractivity contribution is 7.92. The minimum atomic E-state index is -3.09. The van der Waals surface area contributed by atoms with Gasteiger partial charge in [0.25, 0.3) is 0 Å². The first-order chi connectivity index (χ1) is 10.0. The largest absolute Gasteiger partial charge is 0.494 e. The highest BCUT2D eigenvalue weighted by Crippen LogP contribution is 2.27. The van der Waals surface area contributed by atoms with Crippen LogP contribution in [0.1, 0.15) is 50.6 Å². The average molecular weight is 311 g/mol. The van der Waals surface area contributed by atoms with Crippen molar-refractivity contribution in [2.24, 2.45) is 5.73 Å². The summed E-state index contributed by atoms with van der Waals surface area (Å²) in [5.41, 5.74) is 6.93. The molecule has 1 aliphatic rings. The standard InChI is InChI=1S/C16H25NO3S/c1-2-11-20-14-9-7-13(8-10-14)16(17)12-21(18,19)15-5-3-4-6-15/h7-10,15-16H,2-6,11-12,17H2,1H3. The number of hydrogen-bond donors (Lipinski definition) is 1. The summed E-state index contributed by atoms with van der Waals surface area (Å²) in [4.78, 5) is 0. The number of benzene rings is 1.